The number of aliphatic hydroxyl groups excluding tert-OH is 1. The fourth-order valence-corrected chi connectivity index (χ4v) is 1.97. The fourth-order valence-electron chi connectivity index (χ4n) is 1.97. The largest absolute Gasteiger partial charge is 0.396 e. The van der Waals surface area contributed by atoms with E-state index in [-0.39, 0.29) is 12.0 Å². The Bertz CT molecular complexity index is 442. The molecule has 4 heteroatoms. The van der Waals surface area contributed by atoms with Crippen LogP contribution in [-0.4, -0.2) is 24.2 Å². The molecule has 0 radical (unpaired) electrons. The SMILES string of the molecule is Cc1cc(C(N)=O)ccc1CNCC(C)(C)CCO. The molecule has 0 fully saturated rings. The second kappa shape index (κ2) is 6.68. The minimum absolute atomic E-state index is 0.0792. The van der Waals surface area contributed by atoms with Crippen molar-refractivity contribution in [3.63, 3.8) is 0 Å². The number of carbonyl (C=O) groups excluding carboxylic acids is 1. The maximum absolute atomic E-state index is 11.1. The quantitative estimate of drug-likeness (QED) is 0.700. The summed E-state index contributed by atoms with van der Waals surface area (Å²) in [5.74, 6) is -0.397. The number of nitrogens with one attached hydrogen (secondary N) is 1. The van der Waals surface area contributed by atoms with Crippen molar-refractivity contribution in [2.24, 2.45) is 11.1 Å². The molecule has 0 saturated heterocycles. The van der Waals surface area contributed by atoms with Crippen LogP contribution in [0.4, 0.5) is 0 Å². The van der Waals surface area contributed by atoms with Crippen LogP contribution < -0.4 is 11.1 Å². The van der Waals surface area contributed by atoms with E-state index >= 15 is 0 Å². The zero-order valence-electron chi connectivity index (χ0n) is 12.0. The van der Waals surface area contributed by atoms with Crippen LogP contribution in [0.15, 0.2) is 18.2 Å². The van der Waals surface area contributed by atoms with Crippen molar-refractivity contribution < 1.29 is 9.90 Å². The topological polar surface area (TPSA) is 75.4 Å². The number of nitrogens with two attached hydrogens (primary N) is 1. The van der Waals surface area contributed by atoms with Gasteiger partial charge in [-0.1, -0.05) is 19.9 Å². The summed E-state index contributed by atoms with van der Waals surface area (Å²) in [4.78, 5) is 11.1. The molecule has 0 aromatic heterocycles. The Kier molecular flexibility index (Phi) is 5.51. The lowest BCUT2D eigenvalue weighted by Crippen LogP contribution is -2.30. The Balaban J connectivity index is 2.57. The molecule has 106 valence electrons. The maximum Gasteiger partial charge on any atom is 0.248 e. The van der Waals surface area contributed by atoms with Gasteiger partial charge in [-0.25, -0.2) is 0 Å². The number of hydrogen-bond donors (Lipinski definition) is 3. The van der Waals surface area contributed by atoms with Crippen molar-refractivity contribution in [2.45, 2.75) is 33.7 Å². The molecule has 1 amide bonds. The van der Waals surface area contributed by atoms with E-state index in [4.69, 9.17) is 10.8 Å². The predicted octanol–water partition coefficient (Wildman–Crippen LogP) is 1.59. The van der Waals surface area contributed by atoms with E-state index in [1.54, 1.807) is 6.07 Å². The number of primary amides is 1. The Labute approximate surface area is 115 Å². The molecule has 0 bridgehead atoms. The van der Waals surface area contributed by atoms with E-state index in [2.05, 4.69) is 19.2 Å². The van der Waals surface area contributed by atoms with Gasteiger partial charge in [0.2, 0.25) is 5.91 Å². The predicted molar refractivity (Wildman–Crippen MR) is 76.9 cm³/mol. The highest BCUT2D eigenvalue weighted by Gasteiger charge is 2.16. The molecule has 1 rings (SSSR count). The second-order valence-electron chi connectivity index (χ2n) is 5.75. The number of amides is 1. The molecule has 0 aliphatic heterocycles. The van der Waals surface area contributed by atoms with Gasteiger partial charge in [-0.15, -0.1) is 0 Å². The third kappa shape index (κ3) is 5.01. The molecule has 0 atom stereocenters. The lowest BCUT2D eigenvalue weighted by atomic mass is 9.89. The number of aliphatic hydroxyl groups is 1. The van der Waals surface area contributed by atoms with Crippen molar-refractivity contribution in [1.29, 1.82) is 0 Å². The van der Waals surface area contributed by atoms with Gasteiger partial charge in [0.15, 0.2) is 0 Å². The van der Waals surface area contributed by atoms with E-state index in [9.17, 15) is 4.79 Å². The number of benzene rings is 1. The molecule has 1 aromatic rings. The molecule has 0 aliphatic rings. The summed E-state index contributed by atoms with van der Waals surface area (Å²) >= 11 is 0. The normalized spacial score (nSPS) is 11.6. The van der Waals surface area contributed by atoms with Gasteiger partial charge in [-0.2, -0.15) is 0 Å². The summed E-state index contributed by atoms with van der Waals surface area (Å²) < 4.78 is 0. The summed E-state index contributed by atoms with van der Waals surface area (Å²) in [6, 6.07) is 5.50. The highest BCUT2D eigenvalue weighted by Crippen LogP contribution is 2.18. The van der Waals surface area contributed by atoms with Gasteiger partial charge in [0.25, 0.3) is 0 Å². The van der Waals surface area contributed by atoms with Gasteiger partial charge >= 0.3 is 0 Å². The monoisotopic (exact) mass is 264 g/mol. The van der Waals surface area contributed by atoms with Gasteiger partial charge in [0, 0.05) is 25.3 Å². The maximum atomic E-state index is 11.1. The van der Waals surface area contributed by atoms with E-state index in [0.29, 0.717) is 5.56 Å². The molecule has 19 heavy (non-hydrogen) atoms. The Morgan fingerprint density at radius 2 is 2.11 bits per heavy atom. The standard InChI is InChI=1S/C15H24N2O2/c1-11-8-12(14(16)19)4-5-13(11)9-17-10-15(2,3)6-7-18/h4-5,8,17-18H,6-7,9-10H2,1-3H3,(H2,16,19). The molecular weight excluding hydrogens is 240 g/mol. The first-order valence-corrected chi connectivity index (χ1v) is 6.56. The van der Waals surface area contributed by atoms with Crippen molar-refractivity contribution in [1.82, 2.24) is 5.32 Å². The van der Waals surface area contributed by atoms with Crippen molar-refractivity contribution in [3.05, 3.63) is 34.9 Å². The van der Waals surface area contributed by atoms with Crippen LogP contribution in [0.3, 0.4) is 0 Å². The fraction of sp³-hybridized carbons (Fsp3) is 0.533. The summed E-state index contributed by atoms with van der Waals surface area (Å²) in [7, 11) is 0. The summed E-state index contributed by atoms with van der Waals surface area (Å²) in [5, 5.41) is 12.4. The van der Waals surface area contributed by atoms with E-state index in [0.717, 1.165) is 30.6 Å². The first-order chi connectivity index (χ1) is 8.85. The third-order valence-corrected chi connectivity index (χ3v) is 3.33. The van der Waals surface area contributed by atoms with Gasteiger partial charge in [0.05, 0.1) is 0 Å². The second-order valence-corrected chi connectivity index (χ2v) is 5.75. The lowest BCUT2D eigenvalue weighted by Gasteiger charge is -2.24. The van der Waals surface area contributed by atoms with Gasteiger partial charge in [-0.3, -0.25) is 4.79 Å². The van der Waals surface area contributed by atoms with Crippen LogP contribution in [0, 0.1) is 12.3 Å². The molecule has 0 unspecified atom stereocenters. The number of hydrogen-bond acceptors (Lipinski definition) is 3. The summed E-state index contributed by atoms with van der Waals surface area (Å²) in [6.07, 6.45) is 0.777. The van der Waals surface area contributed by atoms with Crippen LogP contribution in [0.2, 0.25) is 0 Å². The van der Waals surface area contributed by atoms with Crippen LogP contribution >= 0.6 is 0 Å². The summed E-state index contributed by atoms with van der Waals surface area (Å²) in [5.41, 5.74) is 8.08. The zero-order valence-corrected chi connectivity index (χ0v) is 12.0. The van der Waals surface area contributed by atoms with Gasteiger partial charge in [0.1, 0.15) is 0 Å². The van der Waals surface area contributed by atoms with Crippen LogP contribution in [0.1, 0.15) is 41.8 Å². The number of rotatable bonds is 7. The Morgan fingerprint density at radius 1 is 1.42 bits per heavy atom. The average molecular weight is 264 g/mol. The van der Waals surface area contributed by atoms with E-state index in [1.807, 2.05) is 19.1 Å². The number of carbonyl (C=O) groups is 1. The Morgan fingerprint density at radius 3 is 2.63 bits per heavy atom. The average Bonchev–Trinajstić information content (AvgIpc) is 2.30. The van der Waals surface area contributed by atoms with Crippen LogP contribution in [-0.2, 0) is 6.54 Å². The molecule has 4 nitrogen and oxygen atoms in total. The zero-order chi connectivity index (χ0) is 14.5. The third-order valence-electron chi connectivity index (χ3n) is 3.33. The van der Waals surface area contributed by atoms with Crippen molar-refractivity contribution in [2.75, 3.05) is 13.2 Å². The van der Waals surface area contributed by atoms with E-state index < -0.39 is 5.91 Å². The molecule has 0 saturated carbocycles. The molecule has 0 heterocycles. The van der Waals surface area contributed by atoms with Gasteiger partial charge < -0.3 is 16.2 Å². The minimum Gasteiger partial charge on any atom is -0.396 e. The Hall–Kier alpha value is -1.39. The first-order valence-electron chi connectivity index (χ1n) is 6.56. The van der Waals surface area contributed by atoms with Gasteiger partial charge in [-0.05, 0) is 42.0 Å². The number of aryl methyl sites for hydroxylation is 1. The van der Waals surface area contributed by atoms with Crippen LogP contribution in [0.25, 0.3) is 0 Å². The lowest BCUT2D eigenvalue weighted by molar-refractivity contribution is 0.1000. The highest BCUT2D eigenvalue weighted by molar-refractivity contribution is 5.93. The molecule has 1 aromatic carbocycles. The summed E-state index contributed by atoms with van der Waals surface area (Å²) in [6.45, 7) is 8.02. The van der Waals surface area contributed by atoms with Crippen molar-refractivity contribution in [3.8, 4) is 0 Å². The molecule has 0 aliphatic carbocycles. The smallest absolute Gasteiger partial charge is 0.248 e. The minimum atomic E-state index is -0.397. The highest BCUT2D eigenvalue weighted by atomic mass is 16.3. The van der Waals surface area contributed by atoms with Crippen molar-refractivity contribution >= 4 is 5.91 Å². The molecule has 4 N–H and O–H groups in total. The molecule has 0 spiro atoms. The molecular formula is C15H24N2O2. The van der Waals surface area contributed by atoms with Crippen LogP contribution in [0.5, 0.6) is 0 Å². The van der Waals surface area contributed by atoms with E-state index in [1.165, 1.54) is 0 Å². The first kappa shape index (κ1) is 15.7.